The molecule has 0 aliphatic heterocycles. The smallest absolute Gasteiger partial charge is 0.270 e. The van der Waals surface area contributed by atoms with E-state index in [4.69, 9.17) is 0 Å². The van der Waals surface area contributed by atoms with E-state index in [9.17, 15) is 9.18 Å². The number of carbonyl (C=O) groups excluding carboxylic acids is 1. The van der Waals surface area contributed by atoms with Gasteiger partial charge in [-0.15, -0.1) is 0 Å². The number of hydrogen-bond acceptors (Lipinski definition) is 4. The van der Waals surface area contributed by atoms with E-state index in [-0.39, 0.29) is 11.7 Å². The standard InChI is InChI=1S/C21H25FN4O/c1-15-25-19(21(27)24-14-17-7-9-18(22)10-8-17)13-20(26-15)23-12-11-16-5-3-2-4-6-16/h5,7-10,13H,2-4,6,11-12,14H2,1H3,(H,24,27)(H,23,25,26). The Labute approximate surface area is 159 Å². The predicted molar refractivity (Wildman–Crippen MR) is 104 cm³/mol. The third kappa shape index (κ3) is 5.88. The second-order valence-electron chi connectivity index (χ2n) is 6.78. The third-order valence-corrected chi connectivity index (χ3v) is 4.57. The fourth-order valence-corrected chi connectivity index (χ4v) is 3.13. The summed E-state index contributed by atoms with van der Waals surface area (Å²) in [6, 6.07) is 7.71. The van der Waals surface area contributed by atoms with Gasteiger partial charge in [0.2, 0.25) is 0 Å². The fourth-order valence-electron chi connectivity index (χ4n) is 3.13. The highest BCUT2D eigenvalue weighted by molar-refractivity contribution is 5.92. The van der Waals surface area contributed by atoms with Crippen molar-refractivity contribution in [1.29, 1.82) is 0 Å². The van der Waals surface area contributed by atoms with Gasteiger partial charge in [0.25, 0.3) is 5.91 Å². The first kappa shape index (κ1) is 19.0. The Hall–Kier alpha value is -2.76. The van der Waals surface area contributed by atoms with Gasteiger partial charge in [-0.2, -0.15) is 0 Å². The topological polar surface area (TPSA) is 66.9 Å². The van der Waals surface area contributed by atoms with Gasteiger partial charge in [0.05, 0.1) is 0 Å². The van der Waals surface area contributed by atoms with Crippen molar-refractivity contribution in [2.75, 3.05) is 11.9 Å². The molecule has 0 radical (unpaired) electrons. The van der Waals surface area contributed by atoms with Crippen molar-refractivity contribution in [3.05, 3.63) is 64.9 Å². The molecule has 1 aliphatic rings. The number of hydrogen-bond donors (Lipinski definition) is 2. The predicted octanol–water partition coefficient (Wildman–Crippen LogP) is 4.16. The van der Waals surface area contributed by atoms with Crippen LogP contribution in [0.2, 0.25) is 0 Å². The molecule has 3 rings (SSSR count). The number of rotatable bonds is 7. The van der Waals surface area contributed by atoms with Crippen molar-refractivity contribution in [1.82, 2.24) is 15.3 Å². The zero-order chi connectivity index (χ0) is 19.1. The molecule has 0 saturated heterocycles. The lowest BCUT2D eigenvalue weighted by Crippen LogP contribution is -2.24. The van der Waals surface area contributed by atoms with Gasteiger partial charge < -0.3 is 10.6 Å². The number of anilines is 1. The van der Waals surface area contributed by atoms with E-state index in [2.05, 4.69) is 26.7 Å². The lowest BCUT2D eigenvalue weighted by atomic mass is 9.97. The number of carbonyl (C=O) groups is 1. The minimum atomic E-state index is -0.295. The van der Waals surface area contributed by atoms with Crippen molar-refractivity contribution < 1.29 is 9.18 Å². The molecule has 0 spiro atoms. The summed E-state index contributed by atoms with van der Waals surface area (Å²) in [6.45, 7) is 2.88. The van der Waals surface area contributed by atoms with Gasteiger partial charge in [-0.25, -0.2) is 14.4 Å². The van der Waals surface area contributed by atoms with Crippen LogP contribution >= 0.6 is 0 Å². The molecule has 2 aromatic rings. The second kappa shape index (κ2) is 9.26. The molecule has 6 heteroatoms. The summed E-state index contributed by atoms with van der Waals surface area (Å²) in [4.78, 5) is 21.0. The van der Waals surface area contributed by atoms with Crippen molar-refractivity contribution in [3.63, 3.8) is 0 Å². The number of nitrogens with one attached hydrogen (secondary N) is 2. The van der Waals surface area contributed by atoms with E-state index in [0.29, 0.717) is 23.9 Å². The van der Waals surface area contributed by atoms with Crippen LogP contribution in [0, 0.1) is 12.7 Å². The average molecular weight is 368 g/mol. The molecule has 0 atom stereocenters. The number of halogens is 1. The molecular formula is C21H25FN4O. The Balaban J connectivity index is 1.55. The number of benzene rings is 1. The molecule has 2 N–H and O–H groups in total. The number of allylic oxidation sites excluding steroid dienone is 1. The highest BCUT2D eigenvalue weighted by Crippen LogP contribution is 2.20. The molecule has 27 heavy (non-hydrogen) atoms. The average Bonchev–Trinajstić information content (AvgIpc) is 2.68. The normalized spacial score (nSPS) is 13.8. The molecule has 1 amide bonds. The van der Waals surface area contributed by atoms with Crippen molar-refractivity contribution in [2.45, 2.75) is 45.6 Å². The molecule has 0 saturated carbocycles. The van der Waals surface area contributed by atoms with E-state index in [1.807, 2.05) is 0 Å². The fraction of sp³-hybridized carbons (Fsp3) is 0.381. The van der Waals surface area contributed by atoms with Crippen molar-refractivity contribution in [2.24, 2.45) is 0 Å². The van der Waals surface area contributed by atoms with Gasteiger partial charge in [0.15, 0.2) is 0 Å². The van der Waals surface area contributed by atoms with Gasteiger partial charge in [0.1, 0.15) is 23.2 Å². The van der Waals surface area contributed by atoms with Gasteiger partial charge in [-0.05, 0) is 56.7 Å². The summed E-state index contributed by atoms with van der Waals surface area (Å²) in [7, 11) is 0. The van der Waals surface area contributed by atoms with E-state index < -0.39 is 0 Å². The van der Waals surface area contributed by atoms with Crippen LogP contribution in [0.4, 0.5) is 10.2 Å². The zero-order valence-corrected chi connectivity index (χ0v) is 15.6. The van der Waals surface area contributed by atoms with E-state index >= 15 is 0 Å². The van der Waals surface area contributed by atoms with Crippen LogP contribution in [0.1, 0.15) is 54.0 Å². The summed E-state index contributed by atoms with van der Waals surface area (Å²) in [5, 5.41) is 6.10. The summed E-state index contributed by atoms with van der Waals surface area (Å²) in [6.07, 6.45) is 8.26. The first-order valence-corrected chi connectivity index (χ1v) is 9.40. The largest absolute Gasteiger partial charge is 0.370 e. The van der Waals surface area contributed by atoms with Crippen LogP contribution in [-0.2, 0) is 6.54 Å². The monoisotopic (exact) mass is 368 g/mol. The highest BCUT2D eigenvalue weighted by atomic mass is 19.1. The molecule has 0 fully saturated rings. The number of amides is 1. The van der Waals surface area contributed by atoms with Crippen LogP contribution in [-0.4, -0.2) is 22.4 Å². The first-order chi connectivity index (χ1) is 13.1. The Morgan fingerprint density at radius 2 is 2.00 bits per heavy atom. The van der Waals surface area contributed by atoms with Gasteiger partial charge >= 0.3 is 0 Å². The highest BCUT2D eigenvalue weighted by Gasteiger charge is 2.11. The maximum absolute atomic E-state index is 12.9. The van der Waals surface area contributed by atoms with E-state index in [0.717, 1.165) is 18.5 Å². The Kier molecular flexibility index (Phi) is 6.52. The summed E-state index contributed by atoms with van der Waals surface area (Å²) >= 11 is 0. The van der Waals surface area contributed by atoms with Crippen molar-refractivity contribution >= 4 is 11.7 Å². The molecule has 1 heterocycles. The Morgan fingerprint density at radius 1 is 1.19 bits per heavy atom. The number of nitrogens with zero attached hydrogens (tertiary/aromatic N) is 2. The minimum absolute atomic E-state index is 0.275. The minimum Gasteiger partial charge on any atom is -0.370 e. The Bertz CT molecular complexity index is 817. The van der Waals surface area contributed by atoms with Crippen LogP contribution < -0.4 is 10.6 Å². The van der Waals surface area contributed by atoms with Crippen LogP contribution in [0.15, 0.2) is 42.0 Å². The van der Waals surface area contributed by atoms with E-state index in [1.54, 1.807) is 25.1 Å². The summed E-state index contributed by atoms with van der Waals surface area (Å²) in [5.41, 5.74) is 2.65. The molecule has 1 aromatic heterocycles. The maximum Gasteiger partial charge on any atom is 0.270 e. The van der Waals surface area contributed by atoms with Crippen LogP contribution in [0.3, 0.4) is 0 Å². The van der Waals surface area contributed by atoms with Gasteiger partial charge in [-0.1, -0.05) is 23.8 Å². The van der Waals surface area contributed by atoms with Crippen LogP contribution in [0.25, 0.3) is 0 Å². The molecule has 0 unspecified atom stereocenters. The third-order valence-electron chi connectivity index (χ3n) is 4.57. The molecule has 5 nitrogen and oxygen atoms in total. The second-order valence-corrected chi connectivity index (χ2v) is 6.78. The van der Waals surface area contributed by atoms with Crippen molar-refractivity contribution in [3.8, 4) is 0 Å². The number of aryl methyl sites for hydroxylation is 1. The zero-order valence-electron chi connectivity index (χ0n) is 15.6. The van der Waals surface area contributed by atoms with Gasteiger partial charge in [-0.3, -0.25) is 4.79 Å². The molecule has 142 valence electrons. The van der Waals surface area contributed by atoms with E-state index in [1.165, 1.54) is 43.4 Å². The van der Waals surface area contributed by atoms with Crippen LogP contribution in [0.5, 0.6) is 0 Å². The number of aromatic nitrogens is 2. The molecule has 0 bridgehead atoms. The SMILES string of the molecule is Cc1nc(NCCC2=CCCCC2)cc(C(=O)NCc2ccc(F)cc2)n1. The van der Waals surface area contributed by atoms with Gasteiger partial charge in [0, 0.05) is 19.2 Å². The summed E-state index contributed by atoms with van der Waals surface area (Å²) < 4.78 is 12.9. The quantitative estimate of drug-likeness (QED) is 0.720. The molecular weight excluding hydrogens is 343 g/mol. The first-order valence-electron chi connectivity index (χ1n) is 9.40. The Morgan fingerprint density at radius 3 is 2.74 bits per heavy atom. The molecule has 1 aliphatic carbocycles. The molecule has 1 aromatic carbocycles. The lowest BCUT2D eigenvalue weighted by Gasteiger charge is -2.13. The summed E-state index contributed by atoms with van der Waals surface area (Å²) in [5.74, 6) is 0.633. The maximum atomic E-state index is 12.9. The lowest BCUT2D eigenvalue weighted by molar-refractivity contribution is 0.0945.